The first-order chi connectivity index (χ1) is 15.6. The average molecular weight is 464 g/mol. The number of hydrogen-bond acceptors (Lipinski definition) is 3. The molecule has 1 aliphatic heterocycles. The lowest BCUT2D eigenvalue weighted by molar-refractivity contribution is 0.0690. The van der Waals surface area contributed by atoms with E-state index in [1.165, 1.54) is 4.90 Å². The summed E-state index contributed by atoms with van der Waals surface area (Å²) in [7, 11) is 0. The van der Waals surface area contributed by atoms with Crippen molar-refractivity contribution in [2.24, 2.45) is 0 Å². The monoisotopic (exact) mass is 463 g/mol. The Morgan fingerprint density at radius 3 is 2.58 bits per heavy atom. The summed E-state index contributed by atoms with van der Waals surface area (Å²) in [6.07, 6.45) is 4.67. The number of amides is 1. The number of rotatable bonds is 3. The average Bonchev–Trinajstić information content (AvgIpc) is 2.80. The molecule has 0 N–H and O–H groups in total. The lowest BCUT2D eigenvalue weighted by Gasteiger charge is -2.30. The molecule has 170 valence electrons. The molecule has 1 aliphatic rings. The SMILES string of the molecule is C=C1CCN(C(=O)c2ccc(-c3cncc(-c4ccnc(C(C)(C)C)c4)c3)c(Cl)c2)CC1F. The van der Waals surface area contributed by atoms with Gasteiger partial charge in [-0.1, -0.05) is 45.0 Å². The third-order valence-corrected chi connectivity index (χ3v) is 6.25. The van der Waals surface area contributed by atoms with Crippen molar-refractivity contribution < 1.29 is 9.18 Å². The Morgan fingerprint density at radius 2 is 1.88 bits per heavy atom. The minimum atomic E-state index is -1.18. The molecule has 4 rings (SSSR count). The zero-order valence-electron chi connectivity index (χ0n) is 19.1. The van der Waals surface area contributed by atoms with Gasteiger partial charge in [-0.2, -0.15) is 0 Å². The summed E-state index contributed by atoms with van der Waals surface area (Å²) in [4.78, 5) is 23.3. The van der Waals surface area contributed by atoms with Gasteiger partial charge in [0.05, 0.1) is 6.54 Å². The van der Waals surface area contributed by atoms with E-state index in [2.05, 4.69) is 43.4 Å². The van der Waals surface area contributed by atoms with E-state index < -0.39 is 6.17 Å². The fourth-order valence-corrected chi connectivity index (χ4v) is 4.15. The van der Waals surface area contributed by atoms with Gasteiger partial charge in [-0.3, -0.25) is 14.8 Å². The Kier molecular flexibility index (Phi) is 6.35. The maximum Gasteiger partial charge on any atom is 0.254 e. The standard InChI is InChI=1S/C27H27ClFN3O/c1-17-8-10-32(16-24(17)29)26(33)19-5-6-22(23(28)12-19)21-11-20(14-30-15-21)18-7-9-31-25(13-18)27(2,3)4/h5-7,9,11-15,24H,1,8,10,16H2,2-4H3. The van der Waals surface area contributed by atoms with Crippen molar-refractivity contribution in [3.05, 3.63) is 83.4 Å². The maximum atomic E-state index is 14.0. The van der Waals surface area contributed by atoms with Crippen LogP contribution in [0.3, 0.4) is 0 Å². The van der Waals surface area contributed by atoms with Gasteiger partial charge in [-0.15, -0.1) is 0 Å². The highest BCUT2D eigenvalue weighted by molar-refractivity contribution is 6.33. The number of nitrogens with zero attached hydrogens (tertiary/aromatic N) is 3. The van der Waals surface area contributed by atoms with E-state index in [9.17, 15) is 9.18 Å². The van der Waals surface area contributed by atoms with Gasteiger partial charge in [0.15, 0.2) is 0 Å². The van der Waals surface area contributed by atoms with E-state index in [0.717, 1.165) is 27.9 Å². The molecule has 33 heavy (non-hydrogen) atoms. The van der Waals surface area contributed by atoms with E-state index in [4.69, 9.17) is 11.6 Å². The molecule has 1 atom stereocenters. The van der Waals surface area contributed by atoms with E-state index in [1.54, 1.807) is 18.3 Å². The number of carbonyl (C=O) groups is 1. The third-order valence-electron chi connectivity index (χ3n) is 5.94. The van der Waals surface area contributed by atoms with Crippen molar-refractivity contribution in [1.29, 1.82) is 0 Å². The molecule has 6 heteroatoms. The van der Waals surface area contributed by atoms with Crippen molar-refractivity contribution >= 4 is 17.5 Å². The molecule has 1 amide bonds. The van der Waals surface area contributed by atoms with Crippen LogP contribution < -0.4 is 0 Å². The van der Waals surface area contributed by atoms with Gasteiger partial charge in [-0.25, -0.2) is 4.39 Å². The molecule has 1 aromatic carbocycles. The minimum absolute atomic E-state index is 0.0332. The number of hydrogen-bond donors (Lipinski definition) is 0. The molecule has 4 nitrogen and oxygen atoms in total. The van der Waals surface area contributed by atoms with E-state index in [0.29, 0.717) is 29.1 Å². The molecule has 2 aromatic heterocycles. The second-order valence-corrected chi connectivity index (χ2v) is 9.87. The molecule has 0 saturated carbocycles. The number of aromatic nitrogens is 2. The van der Waals surface area contributed by atoms with Crippen LogP contribution in [0.4, 0.5) is 4.39 Å². The highest BCUT2D eigenvalue weighted by atomic mass is 35.5. The van der Waals surface area contributed by atoms with Gasteiger partial charge in [0, 0.05) is 63.5 Å². The lowest BCUT2D eigenvalue weighted by atomic mass is 9.90. The van der Waals surface area contributed by atoms with Crippen LogP contribution in [0.2, 0.25) is 5.02 Å². The second kappa shape index (κ2) is 9.06. The Labute approximate surface area is 199 Å². The zero-order valence-corrected chi connectivity index (χ0v) is 19.9. The fourth-order valence-electron chi connectivity index (χ4n) is 3.86. The Balaban J connectivity index is 1.61. The van der Waals surface area contributed by atoms with Crippen LogP contribution in [0.15, 0.2) is 67.1 Å². The molecule has 1 unspecified atom stereocenters. The van der Waals surface area contributed by atoms with Gasteiger partial charge in [0.25, 0.3) is 5.91 Å². The summed E-state index contributed by atoms with van der Waals surface area (Å²) in [6.45, 7) is 10.6. The van der Waals surface area contributed by atoms with Crippen LogP contribution in [0.5, 0.6) is 0 Å². The minimum Gasteiger partial charge on any atom is -0.335 e. The molecule has 0 spiro atoms. The van der Waals surface area contributed by atoms with Crippen LogP contribution in [0.1, 0.15) is 43.2 Å². The highest BCUT2D eigenvalue weighted by Gasteiger charge is 2.27. The highest BCUT2D eigenvalue weighted by Crippen LogP contribution is 2.33. The van der Waals surface area contributed by atoms with Crippen molar-refractivity contribution in [2.45, 2.75) is 38.8 Å². The third kappa shape index (κ3) is 4.98. The fraction of sp³-hybridized carbons (Fsp3) is 0.296. The van der Waals surface area contributed by atoms with Crippen LogP contribution >= 0.6 is 11.6 Å². The molecule has 3 aromatic rings. The van der Waals surface area contributed by atoms with Crippen molar-refractivity contribution in [1.82, 2.24) is 14.9 Å². The zero-order chi connectivity index (χ0) is 23.8. The molecular weight excluding hydrogens is 437 g/mol. The largest absolute Gasteiger partial charge is 0.335 e. The summed E-state index contributed by atoms with van der Waals surface area (Å²) in [6, 6.07) is 11.3. The van der Waals surface area contributed by atoms with E-state index in [1.807, 2.05) is 30.6 Å². The molecule has 0 radical (unpaired) electrons. The van der Waals surface area contributed by atoms with Gasteiger partial charge in [0.1, 0.15) is 6.17 Å². The van der Waals surface area contributed by atoms with Gasteiger partial charge in [0.2, 0.25) is 0 Å². The molecule has 1 saturated heterocycles. The van der Waals surface area contributed by atoms with Gasteiger partial charge in [-0.05, 0) is 47.9 Å². The first kappa shape index (κ1) is 23.1. The van der Waals surface area contributed by atoms with Gasteiger partial charge >= 0.3 is 0 Å². The number of carbonyl (C=O) groups excluding carboxylic acids is 1. The summed E-state index contributed by atoms with van der Waals surface area (Å²) in [5.74, 6) is -0.225. The Morgan fingerprint density at radius 1 is 1.12 bits per heavy atom. The molecule has 1 fully saturated rings. The first-order valence-electron chi connectivity index (χ1n) is 11.0. The van der Waals surface area contributed by atoms with Crippen LogP contribution in [-0.2, 0) is 5.41 Å². The predicted molar refractivity (Wildman–Crippen MR) is 131 cm³/mol. The van der Waals surface area contributed by atoms with Crippen LogP contribution in [0, 0.1) is 0 Å². The van der Waals surface area contributed by atoms with E-state index in [-0.39, 0.29) is 17.9 Å². The Hall–Kier alpha value is -3.05. The molecule has 0 aliphatic carbocycles. The van der Waals surface area contributed by atoms with Crippen molar-refractivity contribution in [3.63, 3.8) is 0 Å². The van der Waals surface area contributed by atoms with Crippen LogP contribution in [0.25, 0.3) is 22.3 Å². The quantitative estimate of drug-likeness (QED) is 0.416. The maximum absolute atomic E-state index is 14.0. The number of likely N-dealkylation sites (tertiary alicyclic amines) is 1. The lowest BCUT2D eigenvalue weighted by Crippen LogP contribution is -2.41. The predicted octanol–water partition coefficient (Wildman–Crippen LogP) is 6.50. The first-order valence-corrected chi connectivity index (χ1v) is 11.3. The smallest absolute Gasteiger partial charge is 0.254 e. The molecule has 0 bridgehead atoms. The summed E-state index contributed by atoms with van der Waals surface area (Å²) >= 11 is 6.59. The topological polar surface area (TPSA) is 46.1 Å². The number of piperidine rings is 1. The Bertz CT molecular complexity index is 1220. The number of benzene rings is 1. The van der Waals surface area contributed by atoms with Crippen molar-refractivity contribution in [2.75, 3.05) is 13.1 Å². The number of pyridine rings is 2. The number of halogens is 2. The van der Waals surface area contributed by atoms with E-state index >= 15 is 0 Å². The summed E-state index contributed by atoms with van der Waals surface area (Å²) < 4.78 is 14.0. The second-order valence-electron chi connectivity index (χ2n) is 9.46. The summed E-state index contributed by atoms with van der Waals surface area (Å²) in [5, 5.41) is 0.447. The van der Waals surface area contributed by atoms with Crippen molar-refractivity contribution in [3.8, 4) is 22.3 Å². The molecular formula is C27H27ClFN3O. The molecule has 3 heterocycles. The normalized spacial score (nSPS) is 16.7. The number of alkyl halides is 1. The van der Waals surface area contributed by atoms with Gasteiger partial charge < -0.3 is 4.90 Å². The summed E-state index contributed by atoms with van der Waals surface area (Å²) in [5.41, 5.74) is 5.55. The van der Waals surface area contributed by atoms with Crippen LogP contribution in [-0.4, -0.2) is 40.0 Å².